The van der Waals surface area contributed by atoms with E-state index in [9.17, 15) is 4.79 Å². The SMILES string of the molecule is COc1cc(N)c(Cl)cc1C(=O)N1CCN2CCCC2C1.Cl.Cl. The van der Waals surface area contributed by atoms with E-state index in [1.54, 1.807) is 12.1 Å². The topological polar surface area (TPSA) is 58.8 Å². The van der Waals surface area contributed by atoms with Crippen LogP contribution in [-0.4, -0.2) is 55.0 Å². The third kappa shape index (κ3) is 3.97. The van der Waals surface area contributed by atoms with Gasteiger partial charge in [0.15, 0.2) is 0 Å². The molecule has 2 aliphatic rings. The molecular formula is C15H22Cl3N3O2. The summed E-state index contributed by atoms with van der Waals surface area (Å²) in [7, 11) is 1.54. The highest BCUT2D eigenvalue weighted by atomic mass is 35.5. The first-order valence-corrected chi connectivity index (χ1v) is 7.64. The van der Waals surface area contributed by atoms with Crippen molar-refractivity contribution < 1.29 is 9.53 Å². The normalized spacial score (nSPS) is 20.3. The first-order chi connectivity index (χ1) is 10.1. The number of hydrogen-bond acceptors (Lipinski definition) is 4. The van der Waals surface area contributed by atoms with Gasteiger partial charge in [-0.25, -0.2) is 0 Å². The second-order valence-corrected chi connectivity index (χ2v) is 6.06. The fraction of sp³-hybridized carbons (Fsp3) is 0.533. The van der Waals surface area contributed by atoms with E-state index in [2.05, 4.69) is 4.90 Å². The number of nitrogen functional groups attached to an aromatic ring is 1. The van der Waals surface area contributed by atoms with Crippen molar-refractivity contribution in [2.45, 2.75) is 18.9 Å². The van der Waals surface area contributed by atoms with Crippen LogP contribution in [0.1, 0.15) is 23.2 Å². The molecule has 1 amide bonds. The number of benzene rings is 1. The minimum atomic E-state index is -0.0275. The molecule has 2 N–H and O–H groups in total. The molecule has 3 rings (SSSR count). The van der Waals surface area contributed by atoms with Crippen molar-refractivity contribution in [3.05, 3.63) is 22.7 Å². The summed E-state index contributed by atoms with van der Waals surface area (Å²) < 4.78 is 5.28. The number of piperazine rings is 1. The van der Waals surface area contributed by atoms with Crippen molar-refractivity contribution in [2.75, 3.05) is 39.0 Å². The van der Waals surface area contributed by atoms with Gasteiger partial charge in [-0.15, -0.1) is 24.8 Å². The van der Waals surface area contributed by atoms with Crippen LogP contribution in [0.15, 0.2) is 12.1 Å². The van der Waals surface area contributed by atoms with Crippen LogP contribution in [0.2, 0.25) is 5.02 Å². The van der Waals surface area contributed by atoms with Gasteiger partial charge in [-0.05, 0) is 25.5 Å². The number of carbonyl (C=O) groups excluding carboxylic acids is 1. The first kappa shape index (κ1) is 20.2. The summed E-state index contributed by atoms with van der Waals surface area (Å²) in [5.74, 6) is 0.455. The zero-order chi connectivity index (χ0) is 15.0. The molecular weight excluding hydrogens is 361 g/mol. The predicted octanol–water partition coefficient (Wildman–Crippen LogP) is 2.69. The number of amides is 1. The molecule has 1 unspecified atom stereocenters. The van der Waals surface area contributed by atoms with Crippen LogP contribution in [0.25, 0.3) is 0 Å². The van der Waals surface area contributed by atoms with Crippen molar-refractivity contribution in [1.82, 2.24) is 9.80 Å². The molecule has 130 valence electrons. The lowest BCUT2D eigenvalue weighted by molar-refractivity contribution is 0.0568. The number of methoxy groups -OCH3 is 1. The Kier molecular flexibility index (Phi) is 7.27. The fourth-order valence-corrected chi connectivity index (χ4v) is 3.41. The molecule has 2 heterocycles. The van der Waals surface area contributed by atoms with Crippen LogP contribution in [-0.2, 0) is 0 Å². The molecule has 0 radical (unpaired) electrons. The van der Waals surface area contributed by atoms with Gasteiger partial charge in [0.25, 0.3) is 5.91 Å². The maximum atomic E-state index is 12.8. The maximum Gasteiger partial charge on any atom is 0.257 e. The zero-order valence-corrected chi connectivity index (χ0v) is 15.3. The molecule has 1 aromatic rings. The second kappa shape index (κ2) is 8.29. The molecule has 0 bridgehead atoms. The lowest BCUT2D eigenvalue weighted by Gasteiger charge is -2.37. The Morgan fingerprint density at radius 1 is 1.30 bits per heavy atom. The number of hydrogen-bond donors (Lipinski definition) is 1. The molecule has 2 saturated heterocycles. The Hall–Kier alpha value is -0.880. The van der Waals surface area contributed by atoms with Crippen molar-refractivity contribution in [1.29, 1.82) is 0 Å². The number of anilines is 1. The number of rotatable bonds is 2. The molecule has 0 aromatic heterocycles. The van der Waals surface area contributed by atoms with E-state index in [0.29, 0.717) is 28.1 Å². The zero-order valence-electron chi connectivity index (χ0n) is 13.0. The highest BCUT2D eigenvalue weighted by molar-refractivity contribution is 6.33. The van der Waals surface area contributed by atoms with Gasteiger partial charge in [-0.1, -0.05) is 11.6 Å². The number of fused-ring (bicyclic) bond motifs is 1. The summed E-state index contributed by atoms with van der Waals surface area (Å²) in [4.78, 5) is 17.1. The van der Waals surface area contributed by atoms with E-state index in [4.69, 9.17) is 22.1 Å². The highest BCUT2D eigenvalue weighted by Crippen LogP contribution is 2.31. The molecule has 0 aliphatic carbocycles. The van der Waals surface area contributed by atoms with Gasteiger partial charge >= 0.3 is 0 Å². The molecule has 0 saturated carbocycles. The minimum absolute atomic E-state index is 0. The monoisotopic (exact) mass is 381 g/mol. The van der Waals surface area contributed by atoms with E-state index in [-0.39, 0.29) is 30.7 Å². The number of ether oxygens (including phenoxy) is 1. The summed E-state index contributed by atoms with van der Waals surface area (Å²) >= 11 is 6.06. The largest absolute Gasteiger partial charge is 0.496 e. The Morgan fingerprint density at radius 2 is 2.04 bits per heavy atom. The fourth-order valence-electron chi connectivity index (χ4n) is 3.25. The van der Waals surface area contributed by atoms with Gasteiger partial charge in [-0.2, -0.15) is 0 Å². The lowest BCUT2D eigenvalue weighted by Crippen LogP contribution is -2.52. The van der Waals surface area contributed by atoms with Crippen molar-refractivity contribution in [3.8, 4) is 5.75 Å². The second-order valence-electron chi connectivity index (χ2n) is 5.66. The number of nitrogens with two attached hydrogens (primary N) is 1. The molecule has 0 spiro atoms. The van der Waals surface area contributed by atoms with E-state index < -0.39 is 0 Å². The summed E-state index contributed by atoms with van der Waals surface area (Å²) in [6.07, 6.45) is 2.40. The van der Waals surface area contributed by atoms with Crippen LogP contribution in [0.4, 0.5) is 5.69 Å². The molecule has 1 atom stereocenters. The smallest absolute Gasteiger partial charge is 0.257 e. The van der Waals surface area contributed by atoms with E-state index in [1.807, 2.05) is 4.90 Å². The van der Waals surface area contributed by atoms with Gasteiger partial charge in [0.05, 0.1) is 23.4 Å². The lowest BCUT2D eigenvalue weighted by atomic mass is 10.1. The van der Waals surface area contributed by atoms with Gasteiger partial charge in [0.1, 0.15) is 5.75 Å². The van der Waals surface area contributed by atoms with Gasteiger partial charge in [0.2, 0.25) is 0 Å². The van der Waals surface area contributed by atoms with Crippen molar-refractivity contribution in [3.63, 3.8) is 0 Å². The summed E-state index contributed by atoms with van der Waals surface area (Å²) in [5, 5.41) is 0.388. The summed E-state index contributed by atoms with van der Waals surface area (Å²) in [5.41, 5.74) is 6.68. The van der Waals surface area contributed by atoms with Gasteiger partial charge in [-0.3, -0.25) is 9.69 Å². The van der Waals surface area contributed by atoms with E-state index in [0.717, 1.165) is 26.2 Å². The Labute approximate surface area is 153 Å². The predicted molar refractivity (Wildman–Crippen MR) is 97.4 cm³/mol. The van der Waals surface area contributed by atoms with Crippen LogP contribution in [0.3, 0.4) is 0 Å². The third-order valence-electron chi connectivity index (χ3n) is 4.42. The molecule has 5 nitrogen and oxygen atoms in total. The first-order valence-electron chi connectivity index (χ1n) is 7.26. The number of halogens is 3. The van der Waals surface area contributed by atoms with Crippen molar-refractivity contribution in [2.24, 2.45) is 0 Å². The standard InChI is InChI=1S/C15H20ClN3O2.2ClH/c1-21-14-8-13(17)12(16)7-11(14)15(20)19-6-5-18-4-2-3-10(18)9-19;;/h7-8,10H,2-6,9,17H2,1H3;2*1H. The summed E-state index contributed by atoms with van der Waals surface area (Å²) in [6, 6.07) is 3.72. The van der Waals surface area contributed by atoms with E-state index >= 15 is 0 Å². The van der Waals surface area contributed by atoms with Crippen LogP contribution >= 0.6 is 36.4 Å². The maximum absolute atomic E-state index is 12.8. The van der Waals surface area contributed by atoms with Crippen molar-refractivity contribution >= 4 is 48.0 Å². The van der Waals surface area contributed by atoms with E-state index in [1.165, 1.54) is 20.0 Å². The molecule has 8 heteroatoms. The summed E-state index contributed by atoms with van der Waals surface area (Å²) in [6.45, 7) is 3.63. The van der Waals surface area contributed by atoms with Crippen LogP contribution < -0.4 is 10.5 Å². The van der Waals surface area contributed by atoms with Crippen LogP contribution in [0, 0.1) is 0 Å². The Morgan fingerprint density at radius 3 is 2.74 bits per heavy atom. The quantitative estimate of drug-likeness (QED) is 0.799. The Balaban J connectivity index is 0.00000132. The molecule has 2 aliphatic heterocycles. The van der Waals surface area contributed by atoms with Gasteiger partial charge in [0, 0.05) is 31.7 Å². The average Bonchev–Trinajstić information content (AvgIpc) is 2.96. The Bertz CT molecular complexity index is 571. The number of nitrogens with zero attached hydrogens (tertiary/aromatic N) is 2. The molecule has 2 fully saturated rings. The van der Waals surface area contributed by atoms with Crippen LogP contribution in [0.5, 0.6) is 5.75 Å². The molecule has 23 heavy (non-hydrogen) atoms. The highest BCUT2D eigenvalue weighted by Gasteiger charge is 2.33. The third-order valence-corrected chi connectivity index (χ3v) is 4.75. The minimum Gasteiger partial charge on any atom is -0.496 e. The van der Waals surface area contributed by atoms with Gasteiger partial charge < -0.3 is 15.4 Å². The number of carbonyl (C=O) groups is 1. The average molecular weight is 383 g/mol. The molecule has 1 aromatic carbocycles.